The van der Waals surface area contributed by atoms with Gasteiger partial charge in [0.1, 0.15) is 5.82 Å². The molecule has 0 unspecified atom stereocenters. The van der Waals surface area contributed by atoms with Gasteiger partial charge in [0.15, 0.2) is 6.61 Å². The van der Waals surface area contributed by atoms with Crippen molar-refractivity contribution >= 4 is 22.8 Å². The number of carbonyl (C=O) groups excluding carboxylic acids is 2. The van der Waals surface area contributed by atoms with Crippen LogP contribution in [0.3, 0.4) is 0 Å². The molecule has 1 aromatic heterocycles. The number of nitrogens with one attached hydrogen (secondary N) is 1. The lowest BCUT2D eigenvalue weighted by atomic mass is 10.0. The Hall–Kier alpha value is -3.28. The first kappa shape index (κ1) is 20.5. The summed E-state index contributed by atoms with van der Waals surface area (Å²) in [7, 11) is 0. The van der Waals surface area contributed by atoms with Crippen LogP contribution in [-0.2, 0) is 9.53 Å². The average molecular weight is 394 g/mol. The van der Waals surface area contributed by atoms with Crippen LogP contribution in [0.4, 0.5) is 4.39 Å². The van der Waals surface area contributed by atoms with E-state index in [4.69, 9.17) is 4.74 Å². The van der Waals surface area contributed by atoms with Crippen LogP contribution in [0.15, 0.2) is 54.6 Å². The molecule has 0 fully saturated rings. The molecule has 1 heterocycles. The van der Waals surface area contributed by atoms with Gasteiger partial charge in [0.2, 0.25) is 0 Å². The fraction of sp³-hybridized carbons (Fsp3) is 0.261. The van der Waals surface area contributed by atoms with Gasteiger partial charge in [-0.05, 0) is 49.2 Å². The lowest BCUT2D eigenvalue weighted by molar-refractivity contribution is -0.125. The number of hydrogen-bond donors (Lipinski definition) is 1. The molecule has 150 valence electrons. The first-order chi connectivity index (χ1) is 13.8. The van der Waals surface area contributed by atoms with Crippen LogP contribution in [0.25, 0.3) is 22.2 Å². The molecule has 5 nitrogen and oxygen atoms in total. The second kappa shape index (κ2) is 8.82. The van der Waals surface area contributed by atoms with Crippen LogP contribution < -0.4 is 5.32 Å². The third kappa shape index (κ3) is 4.96. The van der Waals surface area contributed by atoms with Crippen LogP contribution in [0.2, 0.25) is 0 Å². The molecule has 0 saturated carbocycles. The van der Waals surface area contributed by atoms with Crippen LogP contribution >= 0.6 is 0 Å². The van der Waals surface area contributed by atoms with Crippen molar-refractivity contribution in [1.29, 1.82) is 0 Å². The fourth-order valence-corrected chi connectivity index (χ4v) is 2.78. The van der Waals surface area contributed by atoms with Crippen molar-refractivity contribution in [3.63, 3.8) is 0 Å². The topological polar surface area (TPSA) is 68.3 Å². The zero-order valence-electron chi connectivity index (χ0n) is 16.6. The first-order valence-electron chi connectivity index (χ1n) is 9.47. The number of para-hydroxylation sites is 1. The molecule has 29 heavy (non-hydrogen) atoms. The Bertz CT molecular complexity index is 1030. The van der Waals surface area contributed by atoms with E-state index < -0.39 is 5.97 Å². The lowest BCUT2D eigenvalue weighted by Gasteiger charge is -2.17. The zero-order chi connectivity index (χ0) is 21.0. The molecule has 0 aliphatic rings. The number of carbonyl (C=O) groups is 2. The van der Waals surface area contributed by atoms with Crippen molar-refractivity contribution in [2.24, 2.45) is 5.92 Å². The smallest absolute Gasteiger partial charge is 0.339 e. The highest BCUT2D eigenvalue weighted by Crippen LogP contribution is 2.25. The molecule has 3 rings (SSSR count). The Balaban J connectivity index is 1.86. The standard InChI is InChI=1S/C23H23FN2O3/c1-14(2)15(3)25-22(27)13-29-23(28)19-12-21(16-8-10-17(24)11-9-16)26-20-7-5-4-6-18(19)20/h4-12,14-15H,13H2,1-3H3,(H,25,27)/t15-/m1/s1. The number of amides is 1. The minimum absolute atomic E-state index is 0.0203. The van der Waals surface area contributed by atoms with Crippen molar-refractivity contribution in [1.82, 2.24) is 10.3 Å². The summed E-state index contributed by atoms with van der Waals surface area (Å²) in [5.74, 6) is -1.04. The Morgan fingerprint density at radius 2 is 1.76 bits per heavy atom. The normalized spacial score (nSPS) is 12.0. The van der Waals surface area contributed by atoms with Gasteiger partial charge in [-0.1, -0.05) is 32.0 Å². The zero-order valence-corrected chi connectivity index (χ0v) is 16.6. The van der Waals surface area contributed by atoms with Crippen LogP contribution in [0, 0.1) is 11.7 Å². The number of esters is 1. The minimum atomic E-state index is -0.612. The third-order valence-corrected chi connectivity index (χ3v) is 4.80. The monoisotopic (exact) mass is 394 g/mol. The number of aromatic nitrogens is 1. The Kier molecular flexibility index (Phi) is 6.22. The van der Waals surface area contributed by atoms with E-state index in [1.165, 1.54) is 12.1 Å². The summed E-state index contributed by atoms with van der Waals surface area (Å²) in [6.07, 6.45) is 0. The summed E-state index contributed by atoms with van der Waals surface area (Å²) in [6, 6.07) is 14.6. The molecule has 1 amide bonds. The van der Waals surface area contributed by atoms with Gasteiger partial charge in [-0.3, -0.25) is 4.79 Å². The highest BCUT2D eigenvalue weighted by atomic mass is 19.1. The molecule has 1 N–H and O–H groups in total. The van der Waals surface area contributed by atoms with E-state index in [1.54, 1.807) is 36.4 Å². The average Bonchev–Trinajstić information content (AvgIpc) is 2.71. The van der Waals surface area contributed by atoms with E-state index in [1.807, 2.05) is 26.8 Å². The van der Waals surface area contributed by atoms with E-state index in [0.29, 0.717) is 27.7 Å². The maximum atomic E-state index is 13.2. The molecular formula is C23H23FN2O3. The van der Waals surface area contributed by atoms with E-state index in [2.05, 4.69) is 10.3 Å². The molecule has 3 aromatic rings. The molecule has 6 heteroatoms. The molecule has 0 spiro atoms. The number of rotatable bonds is 6. The molecule has 2 aromatic carbocycles. The van der Waals surface area contributed by atoms with Crippen molar-refractivity contribution in [2.45, 2.75) is 26.8 Å². The quantitative estimate of drug-likeness (QED) is 0.631. The number of nitrogens with zero attached hydrogens (tertiary/aromatic N) is 1. The maximum Gasteiger partial charge on any atom is 0.339 e. The summed E-state index contributed by atoms with van der Waals surface area (Å²) < 4.78 is 18.5. The molecule has 0 bridgehead atoms. The summed E-state index contributed by atoms with van der Waals surface area (Å²) in [5, 5.41) is 3.43. The Morgan fingerprint density at radius 1 is 1.07 bits per heavy atom. The number of benzene rings is 2. The van der Waals surface area contributed by atoms with Crippen LogP contribution in [-0.4, -0.2) is 29.5 Å². The van der Waals surface area contributed by atoms with Crippen molar-refractivity contribution in [3.8, 4) is 11.3 Å². The maximum absolute atomic E-state index is 13.2. The predicted octanol–water partition coefficient (Wildman–Crippen LogP) is 4.36. The highest BCUT2D eigenvalue weighted by molar-refractivity contribution is 6.05. The largest absolute Gasteiger partial charge is 0.452 e. The molecule has 0 radical (unpaired) electrons. The molecule has 0 saturated heterocycles. The van der Waals surface area contributed by atoms with Crippen molar-refractivity contribution < 1.29 is 18.7 Å². The fourth-order valence-electron chi connectivity index (χ4n) is 2.78. The Labute approximate surface area is 168 Å². The number of fused-ring (bicyclic) bond motifs is 1. The van der Waals surface area contributed by atoms with Crippen LogP contribution in [0.1, 0.15) is 31.1 Å². The van der Waals surface area contributed by atoms with Crippen LogP contribution in [0.5, 0.6) is 0 Å². The van der Waals surface area contributed by atoms with Gasteiger partial charge in [0.05, 0.1) is 16.8 Å². The number of hydrogen-bond acceptors (Lipinski definition) is 4. The van der Waals surface area contributed by atoms with E-state index in [0.717, 1.165) is 0 Å². The summed E-state index contributed by atoms with van der Waals surface area (Å²) in [4.78, 5) is 29.3. The van der Waals surface area contributed by atoms with Gasteiger partial charge < -0.3 is 10.1 Å². The number of halogens is 1. The summed E-state index contributed by atoms with van der Waals surface area (Å²) in [6.45, 7) is 5.53. The summed E-state index contributed by atoms with van der Waals surface area (Å²) >= 11 is 0. The molecule has 1 atom stereocenters. The second-order valence-corrected chi connectivity index (χ2v) is 7.26. The van der Waals surface area contributed by atoms with Gasteiger partial charge >= 0.3 is 5.97 Å². The minimum Gasteiger partial charge on any atom is -0.452 e. The first-order valence-corrected chi connectivity index (χ1v) is 9.47. The Morgan fingerprint density at radius 3 is 2.45 bits per heavy atom. The second-order valence-electron chi connectivity index (χ2n) is 7.26. The lowest BCUT2D eigenvalue weighted by Crippen LogP contribution is -2.38. The number of ether oxygens (including phenoxy) is 1. The molecule has 0 aliphatic heterocycles. The van der Waals surface area contributed by atoms with E-state index in [9.17, 15) is 14.0 Å². The summed E-state index contributed by atoms with van der Waals surface area (Å²) in [5.41, 5.74) is 2.11. The van der Waals surface area contributed by atoms with Gasteiger partial charge in [-0.2, -0.15) is 0 Å². The van der Waals surface area contributed by atoms with Crippen molar-refractivity contribution in [3.05, 3.63) is 66.0 Å². The number of pyridine rings is 1. The van der Waals surface area contributed by atoms with Gasteiger partial charge in [-0.25, -0.2) is 14.2 Å². The highest BCUT2D eigenvalue weighted by Gasteiger charge is 2.17. The van der Waals surface area contributed by atoms with Gasteiger partial charge in [-0.15, -0.1) is 0 Å². The van der Waals surface area contributed by atoms with Gasteiger partial charge in [0, 0.05) is 17.0 Å². The molecular weight excluding hydrogens is 371 g/mol. The van der Waals surface area contributed by atoms with E-state index in [-0.39, 0.29) is 30.3 Å². The predicted molar refractivity (Wildman–Crippen MR) is 110 cm³/mol. The molecule has 0 aliphatic carbocycles. The SMILES string of the molecule is CC(C)[C@@H](C)NC(=O)COC(=O)c1cc(-c2ccc(F)cc2)nc2ccccc12. The third-order valence-electron chi connectivity index (χ3n) is 4.80. The van der Waals surface area contributed by atoms with E-state index >= 15 is 0 Å². The van der Waals surface area contributed by atoms with Crippen molar-refractivity contribution in [2.75, 3.05) is 6.61 Å². The van der Waals surface area contributed by atoms with Gasteiger partial charge in [0.25, 0.3) is 5.91 Å².